The average molecular weight is 469 g/mol. The van der Waals surface area contributed by atoms with E-state index < -0.39 is 15.8 Å². The second kappa shape index (κ2) is 7.95. The van der Waals surface area contributed by atoms with Crippen LogP contribution in [0.1, 0.15) is 12.5 Å². The molecule has 0 saturated carbocycles. The summed E-state index contributed by atoms with van der Waals surface area (Å²) >= 11 is 4.35. The third-order valence-electron chi connectivity index (χ3n) is 3.68. The lowest BCUT2D eigenvalue weighted by Gasteiger charge is -2.11. The standard InChI is InChI=1S/C18H14BrFN2O3S2/c1-2-22-17(23)16(11-12-3-5-13(19)6-4-12)26-18(22)21-27(24,25)15-9-7-14(20)8-10-15/h3-11H,2H2,1H3. The predicted octanol–water partition coefficient (Wildman–Crippen LogP) is 4.27. The molecule has 0 atom stereocenters. The molecule has 0 spiro atoms. The van der Waals surface area contributed by atoms with Gasteiger partial charge >= 0.3 is 0 Å². The fourth-order valence-electron chi connectivity index (χ4n) is 2.33. The SMILES string of the molecule is CCN1C(=O)C(=Cc2ccc(Br)cc2)SC1=NS(=O)(=O)c1ccc(F)cc1. The van der Waals surface area contributed by atoms with Crippen LogP contribution in [0.5, 0.6) is 0 Å². The van der Waals surface area contributed by atoms with E-state index in [1.54, 1.807) is 13.0 Å². The number of sulfonamides is 1. The Kier molecular flexibility index (Phi) is 5.83. The summed E-state index contributed by atoms with van der Waals surface area (Å²) in [4.78, 5) is 14.1. The van der Waals surface area contributed by atoms with Crippen molar-refractivity contribution in [2.45, 2.75) is 11.8 Å². The highest BCUT2D eigenvalue weighted by Gasteiger charge is 2.34. The molecule has 1 fully saturated rings. The lowest BCUT2D eigenvalue weighted by molar-refractivity contribution is -0.122. The monoisotopic (exact) mass is 468 g/mol. The Morgan fingerprint density at radius 2 is 1.78 bits per heavy atom. The Morgan fingerprint density at radius 1 is 1.15 bits per heavy atom. The highest BCUT2D eigenvalue weighted by atomic mass is 79.9. The van der Waals surface area contributed by atoms with Gasteiger partial charge in [-0.05, 0) is 66.7 Å². The van der Waals surface area contributed by atoms with Crippen molar-refractivity contribution in [1.29, 1.82) is 0 Å². The second-order valence-corrected chi connectivity index (χ2v) is 9.04. The van der Waals surface area contributed by atoms with Crippen LogP contribution in [-0.4, -0.2) is 30.9 Å². The zero-order chi connectivity index (χ0) is 19.6. The van der Waals surface area contributed by atoms with Crippen LogP contribution in [-0.2, 0) is 14.8 Å². The Bertz CT molecular complexity index is 1030. The highest BCUT2D eigenvalue weighted by Crippen LogP contribution is 2.33. The van der Waals surface area contributed by atoms with Crippen LogP contribution in [0.3, 0.4) is 0 Å². The van der Waals surface area contributed by atoms with Crippen LogP contribution in [0.4, 0.5) is 4.39 Å². The van der Waals surface area contributed by atoms with Gasteiger partial charge in [0.05, 0.1) is 9.80 Å². The summed E-state index contributed by atoms with van der Waals surface area (Å²) < 4.78 is 42.7. The molecule has 2 aromatic rings. The number of thioether (sulfide) groups is 1. The number of benzene rings is 2. The summed E-state index contributed by atoms with van der Waals surface area (Å²) in [5, 5.41) is 0.0789. The third kappa shape index (κ3) is 4.48. The summed E-state index contributed by atoms with van der Waals surface area (Å²) in [6.07, 6.45) is 1.69. The van der Waals surface area contributed by atoms with E-state index in [0.717, 1.165) is 46.1 Å². The minimum Gasteiger partial charge on any atom is -0.286 e. The molecule has 0 aromatic heterocycles. The van der Waals surface area contributed by atoms with E-state index in [-0.39, 0.29) is 22.5 Å². The van der Waals surface area contributed by atoms with E-state index >= 15 is 0 Å². The van der Waals surface area contributed by atoms with Gasteiger partial charge in [0.2, 0.25) is 0 Å². The molecule has 3 rings (SSSR count). The molecule has 0 bridgehead atoms. The fraction of sp³-hybridized carbons (Fsp3) is 0.111. The number of likely N-dealkylation sites (N-methyl/N-ethyl adjacent to an activating group) is 1. The fourth-order valence-corrected chi connectivity index (χ4v) is 4.84. The van der Waals surface area contributed by atoms with Crippen LogP contribution < -0.4 is 0 Å². The Balaban J connectivity index is 1.95. The molecule has 0 radical (unpaired) electrons. The second-order valence-electron chi connectivity index (χ2n) is 5.51. The molecule has 1 aliphatic heterocycles. The number of carbonyl (C=O) groups excluding carboxylic acids is 1. The van der Waals surface area contributed by atoms with Crippen molar-refractivity contribution >= 4 is 54.9 Å². The maximum absolute atomic E-state index is 13.0. The van der Waals surface area contributed by atoms with Gasteiger partial charge in [-0.2, -0.15) is 8.42 Å². The number of amidine groups is 1. The van der Waals surface area contributed by atoms with Gasteiger partial charge in [-0.3, -0.25) is 9.69 Å². The highest BCUT2D eigenvalue weighted by molar-refractivity contribution is 9.10. The van der Waals surface area contributed by atoms with E-state index in [1.807, 2.05) is 24.3 Å². The normalized spacial score (nSPS) is 17.9. The summed E-state index contributed by atoms with van der Waals surface area (Å²) in [6, 6.07) is 11.8. The number of amides is 1. The predicted molar refractivity (Wildman–Crippen MR) is 108 cm³/mol. The minimum atomic E-state index is -4.06. The number of hydrogen-bond acceptors (Lipinski definition) is 4. The van der Waals surface area contributed by atoms with Gasteiger partial charge in [0.1, 0.15) is 5.82 Å². The van der Waals surface area contributed by atoms with Crippen molar-refractivity contribution in [3.63, 3.8) is 0 Å². The maximum Gasteiger partial charge on any atom is 0.284 e. The van der Waals surface area contributed by atoms with Crippen LogP contribution in [0.2, 0.25) is 0 Å². The number of hydrogen-bond donors (Lipinski definition) is 0. The van der Waals surface area contributed by atoms with Crippen molar-refractivity contribution < 1.29 is 17.6 Å². The molecule has 9 heteroatoms. The number of nitrogens with zero attached hydrogens (tertiary/aromatic N) is 2. The van der Waals surface area contributed by atoms with E-state index in [1.165, 1.54) is 4.90 Å². The molecule has 1 amide bonds. The van der Waals surface area contributed by atoms with Gasteiger partial charge in [0.25, 0.3) is 15.9 Å². The van der Waals surface area contributed by atoms with Gasteiger partial charge in [-0.1, -0.05) is 28.1 Å². The molecule has 0 unspecified atom stereocenters. The first kappa shape index (κ1) is 19.8. The van der Waals surface area contributed by atoms with Crippen molar-refractivity contribution in [1.82, 2.24) is 4.90 Å². The van der Waals surface area contributed by atoms with Gasteiger partial charge in [0.15, 0.2) is 5.17 Å². The van der Waals surface area contributed by atoms with E-state index in [2.05, 4.69) is 20.3 Å². The zero-order valence-electron chi connectivity index (χ0n) is 14.1. The summed E-state index contributed by atoms with van der Waals surface area (Å²) in [7, 11) is -4.06. The minimum absolute atomic E-state index is 0.0789. The molecule has 0 aliphatic carbocycles. The molecule has 5 nitrogen and oxygen atoms in total. The molecular weight excluding hydrogens is 455 g/mol. The van der Waals surface area contributed by atoms with Crippen molar-refractivity contribution in [2.75, 3.05) is 6.54 Å². The van der Waals surface area contributed by atoms with Crippen LogP contribution in [0.25, 0.3) is 6.08 Å². The molecule has 1 saturated heterocycles. The first-order chi connectivity index (χ1) is 12.8. The molecule has 1 aliphatic rings. The quantitative estimate of drug-likeness (QED) is 0.628. The van der Waals surface area contributed by atoms with E-state index in [0.29, 0.717) is 4.91 Å². The number of halogens is 2. The van der Waals surface area contributed by atoms with Crippen molar-refractivity contribution in [3.8, 4) is 0 Å². The summed E-state index contributed by atoms with van der Waals surface area (Å²) in [5.74, 6) is -0.847. The van der Waals surface area contributed by atoms with E-state index in [4.69, 9.17) is 0 Å². The number of rotatable bonds is 4. The van der Waals surface area contributed by atoms with Gasteiger partial charge < -0.3 is 0 Å². The average Bonchev–Trinajstić information content (AvgIpc) is 2.91. The lowest BCUT2D eigenvalue weighted by atomic mass is 10.2. The van der Waals surface area contributed by atoms with Gasteiger partial charge in [-0.25, -0.2) is 4.39 Å². The summed E-state index contributed by atoms with van der Waals surface area (Å²) in [5.41, 5.74) is 0.813. The zero-order valence-corrected chi connectivity index (χ0v) is 17.3. The van der Waals surface area contributed by atoms with Crippen LogP contribution in [0, 0.1) is 5.82 Å². The smallest absolute Gasteiger partial charge is 0.284 e. The molecular formula is C18H14BrFN2O3S2. The Hall–Kier alpha value is -1.97. The number of carbonyl (C=O) groups is 1. The van der Waals surface area contributed by atoms with E-state index in [9.17, 15) is 17.6 Å². The molecule has 27 heavy (non-hydrogen) atoms. The molecule has 2 aromatic carbocycles. The molecule has 0 N–H and O–H groups in total. The summed E-state index contributed by atoms with van der Waals surface area (Å²) in [6.45, 7) is 2.02. The maximum atomic E-state index is 13.0. The van der Waals surface area contributed by atoms with Crippen molar-refractivity contribution in [3.05, 3.63) is 69.3 Å². The first-order valence-electron chi connectivity index (χ1n) is 7.87. The molecule has 140 valence electrons. The Labute approximate surface area is 169 Å². The largest absolute Gasteiger partial charge is 0.286 e. The molecule has 1 heterocycles. The Morgan fingerprint density at radius 3 is 2.37 bits per heavy atom. The first-order valence-corrected chi connectivity index (χ1v) is 10.9. The van der Waals surface area contributed by atoms with Gasteiger partial charge in [0, 0.05) is 11.0 Å². The van der Waals surface area contributed by atoms with Gasteiger partial charge in [-0.15, -0.1) is 4.40 Å². The van der Waals surface area contributed by atoms with Crippen LogP contribution in [0.15, 0.2) is 67.2 Å². The van der Waals surface area contributed by atoms with Crippen molar-refractivity contribution in [2.24, 2.45) is 4.40 Å². The third-order valence-corrected chi connectivity index (χ3v) is 6.61. The lowest BCUT2D eigenvalue weighted by Crippen LogP contribution is -2.29. The van der Waals surface area contributed by atoms with Crippen LogP contribution >= 0.6 is 27.7 Å². The topological polar surface area (TPSA) is 66.8 Å².